The van der Waals surface area contributed by atoms with Crippen molar-refractivity contribution >= 4 is 23.2 Å². The first-order valence-electron chi connectivity index (χ1n) is 8.44. The molecule has 0 spiro atoms. The fraction of sp³-hybridized carbons (Fsp3) is 0.368. The highest BCUT2D eigenvalue weighted by atomic mass is 32.1. The van der Waals surface area contributed by atoms with Gasteiger partial charge in [-0.1, -0.05) is 43.5 Å². The van der Waals surface area contributed by atoms with Crippen molar-refractivity contribution in [1.29, 1.82) is 0 Å². The molecule has 1 aliphatic rings. The fourth-order valence-electron chi connectivity index (χ4n) is 3.03. The third-order valence-corrected chi connectivity index (χ3v) is 5.17. The number of rotatable bonds is 5. The molecular weight excluding hydrogens is 341 g/mol. The van der Waals surface area contributed by atoms with Gasteiger partial charge >= 0.3 is 5.97 Å². The first-order valence-corrected chi connectivity index (χ1v) is 9.32. The zero-order valence-electron chi connectivity index (χ0n) is 13.7. The van der Waals surface area contributed by atoms with Crippen LogP contribution < -0.4 is 5.32 Å². The second kappa shape index (κ2) is 8.25. The number of halogens is 1. The van der Waals surface area contributed by atoms with Crippen molar-refractivity contribution in [2.75, 3.05) is 0 Å². The van der Waals surface area contributed by atoms with Crippen molar-refractivity contribution < 1.29 is 18.7 Å². The van der Waals surface area contributed by atoms with E-state index in [0.717, 1.165) is 32.1 Å². The van der Waals surface area contributed by atoms with Gasteiger partial charge in [-0.15, -0.1) is 11.3 Å². The van der Waals surface area contributed by atoms with E-state index in [-0.39, 0.29) is 11.6 Å². The molecule has 0 aliphatic heterocycles. The van der Waals surface area contributed by atoms with Gasteiger partial charge in [0.1, 0.15) is 10.7 Å². The van der Waals surface area contributed by atoms with E-state index in [4.69, 9.17) is 4.74 Å². The fourth-order valence-corrected chi connectivity index (χ4v) is 3.63. The Morgan fingerprint density at radius 1 is 1.12 bits per heavy atom. The summed E-state index contributed by atoms with van der Waals surface area (Å²) in [6, 6.07) is 9.29. The molecule has 1 N–H and O–H groups in total. The van der Waals surface area contributed by atoms with Crippen molar-refractivity contribution in [2.24, 2.45) is 0 Å². The third-order valence-electron chi connectivity index (χ3n) is 4.32. The van der Waals surface area contributed by atoms with Gasteiger partial charge in [-0.25, -0.2) is 9.18 Å². The zero-order valence-corrected chi connectivity index (χ0v) is 14.6. The summed E-state index contributed by atoms with van der Waals surface area (Å²) >= 11 is 1.22. The number of thiophene rings is 1. The molecule has 1 aliphatic carbocycles. The lowest BCUT2D eigenvalue weighted by molar-refractivity contribution is -0.131. The van der Waals surface area contributed by atoms with E-state index >= 15 is 0 Å². The monoisotopic (exact) mass is 361 g/mol. The quantitative estimate of drug-likeness (QED) is 0.811. The topological polar surface area (TPSA) is 55.4 Å². The summed E-state index contributed by atoms with van der Waals surface area (Å²) in [5.74, 6) is -1.66. The highest BCUT2D eigenvalue weighted by Crippen LogP contribution is 2.25. The second-order valence-corrected chi connectivity index (χ2v) is 7.08. The van der Waals surface area contributed by atoms with Gasteiger partial charge in [-0.2, -0.15) is 0 Å². The number of esters is 1. The molecule has 1 amide bonds. The summed E-state index contributed by atoms with van der Waals surface area (Å²) in [5.41, 5.74) is 0.0701. The van der Waals surface area contributed by atoms with Gasteiger partial charge in [-0.3, -0.25) is 4.79 Å². The maximum Gasteiger partial charge on any atom is 0.349 e. The number of carbonyl (C=O) groups excluding carboxylic acids is 2. The van der Waals surface area contributed by atoms with Crippen molar-refractivity contribution in [3.63, 3.8) is 0 Å². The van der Waals surface area contributed by atoms with Crippen LogP contribution in [0.25, 0.3) is 0 Å². The number of hydrogen-bond donors (Lipinski definition) is 1. The number of nitrogens with one attached hydrogen (secondary N) is 1. The van der Waals surface area contributed by atoms with E-state index in [1.165, 1.54) is 29.5 Å². The molecule has 1 atom stereocenters. The van der Waals surface area contributed by atoms with Crippen LogP contribution in [0.3, 0.4) is 0 Å². The molecule has 1 heterocycles. The Bertz CT molecular complexity index is 726. The maximum atomic E-state index is 14.2. The van der Waals surface area contributed by atoms with Crippen LogP contribution in [-0.2, 0) is 9.53 Å². The molecule has 4 nitrogen and oxygen atoms in total. The SMILES string of the molecule is O=C(O[C@H](C(=O)NC1CCCCC1)c1ccccc1F)c1cccs1. The third kappa shape index (κ3) is 4.45. The Labute approximate surface area is 150 Å². The summed E-state index contributed by atoms with van der Waals surface area (Å²) in [4.78, 5) is 25.4. The van der Waals surface area contributed by atoms with Crippen LogP contribution in [0.4, 0.5) is 4.39 Å². The first kappa shape index (κ1) is 17.6. The number of ether oxygens (including phenoxy) is 1. The van der Waals surface area contributed by atoms with Crippen LogP contribution in [0.15, 0.2) is 41.8 Å². The zero-order chi connectivity index (χ0) is 17.6. The largest absolute Gasteiger partial charge is 0.443 e. The summed E-state index contributed by atoms with van der Waals surface area (Å²) < 4.78 is 19.6. The van der Waals surface area contributed by atoms with Crippen LogP contribution in [0.1, 0.15) is 53.4 Å². The molecule has 0 bridgehead atoms. The van der Waals surface area contributed by atoms with Crippen molar-refractivity contribution in [1.82, 2.24) is 5.32 Å². The minimum atomic E-state index is -1.29. The summed E-state index contributed by atoms with van der Waals surface area (Å²) in [6.07, 6.45) is 3.78. The Kier molecular flexibility index (Phi) is 5.81. The molecule has 0 radical (unpaired) electrons. The van der Waals surface area contributed by atoms with Crippen molar-refractivity contribution in [3.8, 4) is 0 Å². The number of amides is 1. The van der Waals surface area contributed by atoms with Gasteiger partial charge in [-0.05, 0) is 30.4 Å². The smallest absolute Gasteiger partial charge is 0.349 e. The predicted octanol–water partition coefficient (Wildman–Crippen LogP) is 4.23. The second-order valence-electron chi connectivity index (χ2n) is 6.13. The van der Waals surface area contributed by atoms with Crippen LogP contribution in [-0.4, -0.2) is 17.9 Å². The van der Waals surface area contributed by atoms with Crippen molar-refractivity contribution in [3.05, 3.63) is 58.0 Å². The number of benzene rings is 1. The van der Waals surface area contributed by atoms with E-state index in [1.807, 2.05) is 0 Å². The average molecular weight is 361 g/mol. The first-order chi connectivity index (χ1) is 12.1. The van der Waals surface area contributed by atoms with Crippen LogP contribution in [0.2, 0.25) is 0 Å². The average Bonchev–Trinajstić information content (AvgIpc) is 3.16. The van der Waals surface area contributed by atoms with E-state index in [0.29, 0.717) is 4.88 Å². The summed E-state index contributed by atoms with van der Waals surface area (Å²) in [6.45, 7) is 0. The molecule has 132 valence electrons. The molecule has 0 saturated heterocycles. The molecule has 1 saturated carbocycles. The normalized spacial score (nSPS) is 16.2. The van der Waals surface area contributed by atoms with Crippen molar-refractivity contribution in [2.45, 2.75) is 44.2 Å². The minimum Gasteiger partial charge on any atom is -0.443 e. The molecule has 1 fully saturated rings. The molecule has 1 aromatic carbocycles. The van der Waals surface area contributed by atoms with E-state index in [9.17, 15) is 14.0 Å². The minimum absolute atomic E-state index is 0.0518. The lowest BCUT2D eigenvalue weighted by atomic mass is 9.95. The summed E-state index contributed by atoms with van der Waals surface area (Å²) in [5, 5.41) is 4.66. The summed E-state index contributed by atoms with van der Waals surface area (Å²) in [7, 11) is 0. The van der Waals surface area contributed by atoms with Crippen LogP contribution >= 0.6 is 11.3 Å². The molecule has 25 heavy (non-hydrogen) atoms. The molecule has 2 aromatic rings. The van der Waals surface area contributed by atoms with E-state index < -0.39 is 23.8 Å². The van der Waals surface area contributed by atoms with Gasteiger partial charge in [0.25, 0.3) is 5.91 Å². The Morgan fingerprint density at radius 3 is 2.56 bits per heavy atom. The lowest BCUT2D eigenvalue weighted by Gasteiger charge is -2.25. The maximum absolute atomic E-state index is 14.2. The molecule has 1 aromatic heterocycles. The Balaban J connectivity index is 1.79. The Morgan fingerprint density at radius 2 is 1.88 bits per heavy atom. The molecular formula is C19H20FNO3S. The number of carbonyl (C=O) groups is 2. The predicted molar refractivity (Wildman–Crippen MR) is 93.9 cm³/mol. The van der Waals surface area contributed by atoms with Gasteiger partial charge in [0.2, 0.25) is 6.10 Å². The number of hydrogen-bond acceptors (Lipinski definition) is 4. The van der Waals surface area contributed by atoms with E-state index in [1.54, 1.807) is 23.6 Å². The van der Waals surface area contributed by atoms with Crippen LogP contribution in [0.5, 0.6) is 0 Å². The van der Waals surface area contributed by atoms with Gasteiger partial charge in [0, 0.05) is 11.6 Å². The lowest BCUT2D eigenvalue weighted by Crippen LogP contribution is -2.40. The molecule has 6 heteroatoms. The molecule has 0 unspecified atom stereocenters. The highest BCUT2D eigenvalue weighted by Gasteiger charge is 2.30. The van der Waals surface area contributed by atoms with E-state index in [2.05, 4.69) is 5.32 Å². The standard InChI is InChI=1S/C19H20FNO3S/c20-15-10-5-4-9-14(15)17(24-19(23)16-11-6-12-25-16)18(22)21-13-7-2-1-3-8-13/h4-6,9-13,17H,1-3,7-8H2,(H,21,22)/t17-/m0/s1. The highest BCUT2D eigenvalue weighted by molar-refractivity contribution is 7.11. The molecule has 3 rings (SSSR count). The Hall–Kier alpha value is -2.21. The van der Waals surface area contributed by atoms with Gasteiger partial charge in [0.05, 0.1) is 0 Å². The van der Waals surface area contributed by atoms with Crippen LogP contribution in [0, 0.1) is 5.82 Å². The van der Waals surface area contributed by atoms with Gasteiger partial charge in [0.15, 0.2) is 0 Å². The van der Waals surface area contributed by atoms with Gasteiger partial charge < -0.3 is 10.1 Å².